The van der Waals surface area contributed by atoms with Crippen LogP contribution in [-0.4, -0.2) is 24.8 Å². The summed E-state index contributed by atoms with van der Waals surface area (Å²) in [4.78, 5) is 0. The molecule has 0 radical (unpaired) electrons. The Bertz CT molecular complexity index is 139. The topological polar surface area (TPSA) is 32.3 Å². The quantitative estimate of drug-likeness (QED) is 0.622. The Morgan fingerprint density at radius 3 is 2.50 bits per heavy atom. The fourth-order valence-corrected chi connectivity index (χ4v) is 1.83. The molecule has 0 saturated carbocycles. The van der Waals surface area contributed by atoms with E-state index in [2.05, 4.69) is 26.1 Å². The molecule has 0 aliphatic carbocycles. The van der Waals surface area contributed by atoms with E-state index in [1.54, 1.807) is 0 Å². The lowest BCUT2D eigenvalue weighted by Crippen LogP contribution is -2.42. The summed E-state index contributed by atoms with van der Waals surface area (Å²) in [5.41, 5.74) is 0.376. The van der Waals surface area contributed by atoms with E-state index in [9.17, 15) is 0 Å². The number of aliphatic hydroxyl groups is 1. The van der Waals surface area contributed by atoms with Crippen LogP contribution in [0.4, 0.5) is 0 Å². The van der Waals surface area contributed by atoms with E-state index < -0.39 is 0 Å². The highest BCUT2D eigenvalue weighted by atomic mass is 16.3. The van der Waals surface area contributed by atoms with Gasteiger partial charge in [0.2, 0.25) is 0 Å². The minimum Gasteiger partial charge on any atom is -0.396 e. The largest absolute Gasteiger partial charge is 0.396 e. The van der Waals surface area contributed by atoms with E-state index in [1.807, 2.05) is 0 Å². The van der Waals surface area contributed by atoms with Gasteiger partial charge in [-0.15, -0.1) is 0 Å². The van der Waals surface area contributed by atoms with Crippen molar-refractivity contribution in [2.45, 2.75) is 27.2 Å². The van der Waals surface area contributed by atoms with Crippen molar-refractivity contribution in [3.63, 3.8) is 0 Å². The average Bonchev–Trinajstić information content (AvgIpc) is 2.03. The number of hydrogen-bond donors (Lipinski definition) is 2. The summed E-state index contributed by atoms with van der Waals surface area (Å²) < 4.78 is 0. The van der Waals surface area contributed by atoms with Crippen molar-refractivity contribution in [1.29, 1.82) is 0 Å². The zero-order chi connectivity index (χ0) is 9.19. The molecule has 2 heteroatoms. The molecule has 2 nitrogen and oxygen atoms in total. The summed E-state index contributed by atoms with van der Waals surface area (Å²) in [5, 5.41) is 12.4. The van der Waals surface area contributed by atoms with Crippen LogP contribution in [0.15, 0.2) is 0 Å². The van der Waals surface area contributed by atoms with Gasteiger partial charge in [0.25, 0.3) is 0 Å². The molecule has 0 bridgehead atoms. The second-order valence-corrected chi connectivity index (χ2v) is 5.01. The van der Waals surface area contributed by atoms with E-state index in [4.69, 9.17) is 5.11 Å². The Balaban J connectivity index is 2.46. The van der Waals surface area contributed by atoms with Gasteiger partial charge in [-0.05, 0) is 30.2 Å². The van der Waals surface area contributed by atoms with E-state index in [0.29, 0.717) is 23.9 Å². The van der Waals surface area contributed by atoms with Gasteiger partial charge in [-0.25, -0.2) is 0 Å². The third kappa shape index (κ3) is 2.46. The summed E-state index contributed by atoms with van der Waals surface area (Å²) in [5.74, 6) is 1.19. The Hall–Kier alpha value is -0.0800. The second kappa shape index (κ2) is 3.75. The molecular formula is C10H21NO. The normalized spacial score (nSPS) is 32.0. The summed E-state index contributed by atoms with van der Waals surface area (Å²) in [6, 6.07) is 0. The maximum Gasteiger partial charge on any atom is 0.0471 e. The van der Waals surface area contributed by atoms with E-state index in [-0.39, 0.29) is 0 Å². The van der Waals surface area contributed by atoms with Crippen molar-refractivity contribution in [2.24, 2.45) is 17.3 Å². The third-order valence-corrected chi connectivity index (χ3v) is 2.92. The van der Waals surface area contributed by atoms with Gasteiger partial charge in [-0.1, -0.05) is 20.8 Å². The summed E-state index contributed by atoms with van der Waals surface area (Å²) in [7, 11) is 0. The number of nitrogens with one attached hydrogen (secondary N) is 1. The highest BCUT2D eigenvalue weighted by Gasteiger charge is 2.29. The molecule has 0 aromatic carbocycles. The van der Waals surface area contributed by atoms with E-state index >= 15 is 0 Å². The van der Waals surface area contributed by atoms with Crippen molar-refractivity contribution in [1.82, 2.24) is 5.32 Å². The molecule has 1 rings (SSSR count). The number of piperidine rings is 1. The molecule has 1 heterocycles. The highest BCUT2D eigenvalue weighted by Crippen LogP contribution is 2.32. The fraction of sp³-hybridized carbons (Fsp3) is 1.00. The van der Waals surface area contributed by atoms with Crippen LogP contribution in [0.2, 0.25) is 0 Å². The van der Waals surface area contributed by atoms with Crippen LogP contribution in [0, 0.1) is 17.3 Å². The second-order valence-electron chi connectivity index (χ2n) is 5.01. The Morgan fingerprint density at radius 1 is 1.33 bits per heavy atom. The first-order chi connectivity index (χ1) is 5.54. The van der Waals surface area contributed by atoms with Gasteiger partial charge < -0.3 is 10.4 Å². The lowest BCUT2D eigenvalue weighted by atomic mass is 9.74. The van der Waals surface area contributed by atoms with Gasteiger partial charge in [0.1, 0.15) is 0 Å². The fourth-order valence-electron chi connectivity index (χ4n) is 1.83. The minimum atomic E-state index is 0.333. The third-order valence-electron chi connectivity index (χ3n) is 2.92. The van der Waals surface area contributed by atoms with Crippen molar-refractivity contribution in [3.8, 4) is 0 Å². The van der Waals surface area contributed by atoms with Crippen LogP contribution in [0.3, 0.4) is 0 Å². The van der Waals surface area contributed by atoms with Crippen LogP contribution in [0.1, 0.15) is 27.2 Å². The number of rotatable bonds is 1. The van der Waals surface area contributed by atoms with Crippen molar-refractivity contribution >= 4 is 0 Å². The molecule has 1 saturated heterocycles. The van der Waals surface area contributed by atoms with E-state index in [1.165, 1.54) is 6.42 Å². The maximum atomic E-state index is 9.03. The summed E-state index contributed by atoms with van der Waals surface area (Å²) in [6.07, 6.45) is 1.17. The Kier molecular flexibility index (Phi) is 3.13. The van der Waals surface area contributed by atoms with Gasteiger partial charge >= 0.3 is 0 Å². The van der Waals surface area contributed by atoms with Crippen LogP contribution in [0.5, 0.6) is 0 Å². The monoisotopic (exact) mass is 171 g/mol. The maximum absolute atomic E-state index is 9.03. The van der Waals surface area contributed by atoms with Crippen LogP contribution in [0.25, 0.3) is 0 Å². The van der Waals surface area contributed by atoms with E-state index in [0.717, 1.165) is 13.1 Å². The van der Waals surface area contributed by atoms with Gasteiger partial charge in [0.05, 0.1) is 0 Å². The summed E-state index contributed by atoms with van der Waals surface area (Å²) in [6.45, 7) is 9.26. The summed E-state index contributed by atoms with van der Waals surface area (Å²) >= 11 is 0. The van der Waals surface area contributed by atoms with Crippen LogP contribution in [-0.2, 0) is 0 Å². The lowest BCUT2D eigenvalue weighted by Gasteiger charge is -2.37. The minimum absolute atomic E-state index is 0.333. The molecule has 0 aromatic rings. The van der Waals surface area contributed by atoms with Crippen LogP contribution < -0.4 is 5.32 Å². The van der Waals surface area contributed by atoms with Gasteiger partial charge in [0.15, 0.2) is 0 Å². The van der Waals surface area contributed by atoms with Gasteiger partial charge in [-0.3, -0.25) is 0 Å². The number of aliphatic hydroxyl groups excluding tert-OH is 1. The zero-order valence-electron chi connectivity index (χ0n) is 8.43. The van der Waals surface area contributed by atoms with Gasteiger partial charge in [-0.2, -0.15) is 0 Å². The zero-order valence-corrected chi connectivity index (χ0v) is 8.43. The molecule has 2 unspecified atom stereocenters. The average molecular weight is 171 g/mol. The first kappa shape index (κ1) is 10.0. The van der Waals surface area contributed by atoms with Crippen molar-refractivity contribution in [2.75, 3.05) is 19.7 Å². The highest BCUT2D eigenvalue weighted by molar-refractivity contribution is 4.83. The molecule has 2 N–H and O–H groups in total. The number of hydrogen-bond acceptors (Lipinski definition) is 2. The molecular weight excluding hydrogens is 150 g/mol. The lowest BCUT2D eigenvalue weighted by molar-refractivity contribution is 0.116. The molecule has 0 spiro atoms. The Morgan fingerprint density at radius 2 is 2.00 bits per heavy atom. The SMILES string of the molecule is CC(C)(C)C1CNCC(CO)C1. The first-order valence-corrected chi connectivity index (χ1v) is 4.85. The van der Waals surface area contributed by atoms with Crippen molar-refractivity contribution < 1.29 is 5.11 Å². The molecule has 72 valence electrons. The molecule has 1 aliphatic rings. The Labute approximate surface area is 75.4 Å². The molecule has 1 aliphatic heterocycles. The first-order valence-electron chi connectivity index (χ1n) is 4.85. The molecule has 0 aromatic heterocycles. The predicted molar refractivity (Wildman–Crippen MR) is 51.0 cm³/mol. The molecule has 1 fully saturated rings. The van der Waals surface area contributed by atoms with Crippen LogP contribution >= 0.6 is 0 Å². The van der Waals surface area contributed by atoms with Crippen molar-refractivity contribution in [3.05, 3.63) is 0 Å². The van der Waals surface area contributed by atoms with Gasteiger partial charge in [0, 0.05) is 13.2 Å². The molecule has 2 atom stereocenters. The predicted octanol–water partition coefficient (Wildman–Crippen LogP) is 1.25. The molecule has 0 amide bonds. The molecule has 12 heavy (non-hydrogen) atoms. The smallest absolute Gasteiger partial charge is 0.0471 e. The standard InChI is InChI=1S/C10H21NO/c1-10(2,3)9-4-8(7-12)5-11-6-9/h8-9,11-12H,4-7H2,1-3H3.